The van der Waals surface area contributed by atoms with Crippen molar-refractivity contribution in [2.75, 3.05) is 11.9 Å². The number of Topliss-reactive ketones (excluding diaryl/α,β-unsaturated/α-hetero) is 1. The molecule has 0 saturated heterocycles. The topological polar surface area (TPSA) is 41.5 Å². The van der Waals surface area contributed by atoms with Crippen molar-refractivity contribution in [3.8, 4) is 0 Å². The van der Waals surface area contributed by atoms with E-state index in [2.05, 4.69) is 16.4 Å². The molecule has 0 aliphatic carbocycles. The highest BCUT2D eigenvalue weighted by Gasteiger charge is 2.13. The van der Waals surface area contributed by atoms with Gasteiger partial charge in [0.1, 0.15) is 12.4 Å². The van der Waals surface area contributed by atoms with Gasteiger partial charge in [-0.3, -0.25) is 9.79 Å². The van der Waals surface area contributed by atoms with Crippen LogP contribution in [0.2, 0.25) is 0 Å². The van der Waals surface area contributed by atoms with Gasteiger partial charge in [-0.1, -0.05) is 48.5 Å². The molecule has 2 aromatic rings. The van der Waals surface area contributed by atoms with Crippen molar-refractivity contribution in [1.29, 1.82) is 0 Å². The largest absolute Gasteiger partial charge is 0.344 e. The summed E-state index contributed by atoms with van der Waals surface area (Å²) in [6.45, 7) is 0.203. The lowest BCUT2D eigenvalue weighted by Gasteiger charge is -2.19. The first kappa shape index (κ1) is 15.3. The molecular formula is C17H17ClN2O. The minimum Gasteiger partial charge on any atom is -0.344 e. The monoisotopic (exact) mass is 300 g/mol. The van der Waals surface area contributed by atoms with Gasteiger partial charge in [-0.05, 0) is 18.1 Å². The van der Waals surface area contributed by atoms with E-state index in [1.165, 1.54) is 5.56 Å². The predicted octanol–water partition coefficient (Wildman–Crippen LogP) is 3.75. The molecule has 0 fully saturated rings. The molecule has 0 radical (unpaired) electrons. The first-order valence-corrected chi connectivity index (χ1v) is 6.79. The molecule has 1 N–H and O–H groups in total. The SMILES string of the molecule is Cl.O=C(CN=C1CCc2ccccc2N1)c1ccccc1. The number of nitrogens with zero attached hydrogens (tertiary/aromatic N) is 1. The van der Waals surface area contributed by atoms with Crippen molar-refractivity contribution in [1.82, 2.24) is 0 Å². The number of carbonyl (C=O) groups excluding carboxylic acids is 1. The molecule has 0 spiro atoms. The van der Waals surface area contributed by atoms with Gasteiger partial charge in [0.25, 0.3) is 0 Å². The number of aliphatic imine (C=N–C) groups is 1. The molecule has 3 nitrogen and oxygen atoms in total. The summed E-state index contributed by atoms with van der Waals surface area (Å²) in [6, 6.07) is 17.5. The Morgan fingerprint density at radius 1 is 1.00 bits per heavy atom. The molecule has 0 unspecified atom stereocenters. The van der Waals surface area contributed by atoms with Crippen LogP contribution >= 0.6 is 12.4 Å². The van der Waals surface area contributed by atoms with Crippen LogP contribution in [0.25, 0.3) is 0 Å². The molecule has 4 heteroatoms. The maximum Gasteiger partial charge on any atom is 0.184 e. The third-order valence-corrected chi connectivity index (χ3v) is 3.44. The maximum absolute atomic E-state index is 12.0. The Balaban J connectivity index is 0.00000161. The number of halogens is 1. The van der Waals surface area contributed by atoms with Crippen LogP contribution in [0.1, 0.15) is 22.3 Å². The van der Waals surface area contributed by atoms with Crippen LogP contribution in [0.15, 0.2) is 59.6 Å². The fraction of sp³-hybridized carbons (Fsp3) is 0.176. The van der Waals surface area contributed by atoms with Crippen molar-refractivity contribution in [3.63, 3.8) is 0 Å². The highest BCUT2D eigenvalue weighted by molar-refractivity contribution is 6.02. The zero-order valence-electron chi connectivity index (χ0n) is 11.6. The first-order chi connectivity index (χ1) is 9.83. The van der Waals surface area contributed by atoms with Gasteiger partial charge >= 0.3 is 0 Å². The Kier molecular flexibility index (Phi) is 5.12. The summed E-state index contributed by atoms with van der Waals surface area (Å²) in [7, 11) is 0. The Bertz CT molecular complexity index is 653. The number of aryl methyl sites for hydroxylation is 1. The fourth-order valence-electron chi connectivity index (χ4n) is 2.33. The fourth-order valence-corrected chi connectivity index (χ4v) is 2.33. The van der Waals surface area contributed by atoms with Crippen LogP contribution in [-0.2, 0) is 6.42 Å². The zero-order valence-corrected chi connectivity index (χ0v) is 12.4. The van der Waals surface area contributed by atoms with E-state index in [4.69, 9.17) is 0 Å². The number of amidine groups is 1. The van der Waals surface area contributed by atoms with Crippen LogP contribution in [-0.4, -0.2) is 18.2 Å². The van der Waals surface area contributed by atoms with Crippen molar-refractivity contribution >= 4 is 29.7 Å². The predicted molar refractivity (Wildman–Crippen MR) is 88.7 cm³/mol. The van der Waals surface area contributed by atoms with E-state index >= 15 is 0 Å². The molecule has 2 aromatic carbocycles. The summed E-state index contributed by atoms with van der Waals surface area (Å²) >= 11 is 0. The summed E-state index contributed by atoms with van der Waals surface area (Å²) in [5.41, 5.74) is 3.12. The summed E-state index contributed by atoms with van der Waals surface area (Å²) in [4.78, 5) is 16.4. The third kappa shape index (κ3) is 3.70. The number of benzene rings is 2. The molecule has 1 aliphatic heterocycles. The quantitative estimate of drug-likeness (QED) is 0.877. The van der Waals surface area contributed by atoms with E-state index in [1.54, 1.807) is 0 Å². The molecule has 1 aliphatic rings. The minimum atomic E-state index is 0. The van der Waals surface area contributed by atoms with Gasteiger partial charge in [-0.15, -0.1) is 12.4 Å². The van der Waals surface area contributed by atoms with Crippen molar-refractivity contribution < 1.29 is 4.79 Å². The molecule has 0 atom stereocenters. The van der Waals surface area contributed by atoms with Crippen LogP contribution in [0.5, 0.6) is 0 Å². The lowest BCUT2D eigenvalue weighted by Crippen LogP contribution is -2.21. The highest BCUT2D eigenvalue weighted by atomic mass is 35.5. The number of anilines is 1. The molecule has 0 bridgehead atoms. The molecule has 21 heavy (non-hydrogen) atoms. The summed E-state index contributed by atoms with van der Waals surface area (Å²) in [5.74, 6) is 0.951. The summed E-state index contributed by atoms with van der Waals surface area (Å²) in [5, 5.41) is 3.30. The van der Waals surface area contributed by atoms with Crippen LogP contribution in [0.3, 0.4) is 0 Å². The lowest BCUT2D eigenvalue weighted by molar-refractivity contribution is 0.100. The maximum atomic E-state index is 12.0. The van der Waals surface area contributed by atoms with E-state index in [-0.39, 0.29) is 24.7 Å². The number of fused-ring (bicyclic) bond motifs is 1. The number of carbonyl (C=O) groups is 1. The molecular weight excluding hydrogens is 284 g/mol. The van der Waals surface area contributed by atoms with E-state index in [1.807, 2.05) is 48.5 Å². The average molecular weight is 301 g/mol. The normalized spacial score (nSPS) is 14.8. The molecule has 3 rings (SSSR count). The third-order valence-electron chi connectivity index (χ3n) is 3.44. The molecule has 108 valence electrons. The number of nitrogens with one attached hydrogen (secondary N) is 1. The standard InChI is InChI=1S/C17H16N2O.ClH/c20-16(14-7-2-1-3-8-14)12-18-17-11-10-13-6-4-5-9-15(13)19-17;/h1-9H,10-12H2,(H,18,19);1H. The second kappa shape index (κ2) is 7.04. The Labute approximate surface area is 130 Å². The number of rotatable bonds is 3. The lowest BCUT2D eigenvalue weighted by atomic mass is 10.0. The molecule has 1 heterocycles. The van der Waals surface area contributed by atoms with Gasteiger partial charge in [0.15, 0.2) is 5.78 Å². The van der Waals surface area contributed by atoms with Crippen molar-refractivity contribution in [2.45, 2.75) is 12.8 Å². The summed E-state index contributed by atoms with van der Waals surface area (Å²) in [6.07, 6.45) is 1.83. The van der Waals surface area contributed by atoms with E-state index in [0.717, 1.165) is 24.4 Å². The van der Waals surface area contributed by atoms with Crippen LogP contribution in [0, 0.1) is 0 Å². The number of para-hydroxylation sites is 1. The zero-order chi connectivity index (χ0) is 13.8. The number of hydrogen-bond acceptors (Lipinski definition) is 2. The van der Waals surface area contributed by atoms with Gasteiger partial charge in [0.05, 0.1) is 0 Å². The van der Waals surface area contributed by atoms with Gasteiger partial charge in [0, 0.05) is 17.7 Å². The smallest absolute Gasteiger partial charge is 0.184 e. The van der Waals surface area contributed by atoms with Gasteiger partial charge in [-0.2, -0.15) is 0 Å². The number of hydrogen-bond donors (Lipinski definition) is 1. The van der Waals surface area contributed by atoms with Gasteiger partial charge < -0.3 is 5.32 Å². The molecule has 0 aromatic heterocycles. The van der Waals surface area contributed by atoms with Gasteiger partial charge in [0.2, 0.25) is 0 Å². The second-order valence-corrected chi connectivity index (χ2v) is 4.83. The van der Waals surface area contributed by atoms with E-state index in [9.17, 15) is 4.79 Å². The number of ketones is 1. The first-order valence-electron chi connectivity index (χ1n) is 6.79. The Morgan fingerprint density at radius 2 is 1.71 bits per heavy atom. The Hall–Kier alpha value is -2.13. The van der Waals surface area contributed by atoms with E-state index < -0.39 is 0 Å². The summed E-state index contributed by atoms with van der Waals surface area (Å²) < 4.78 is 0. The highest BCUT2D eigenvalue weighted by Crippen LogP contribution is 2.21. The van der Waals surface area contributed by atoms with Crippen LogP contribution in [0.4, 0.5) is 5.69 Å². The minimum absolute atomic E-state index is 0. The molecule has 0 amide bonds. The Morgan fingerprint density at radius 3 is 2.52 bits per heavy atom. The second-order valence-electron chi connectivity index (χ2n) is 4.83. The van der Waals surface area contributed by atoms with Crippen molar-refractivity contribution in [2.24, 2.45) is 4.99 Å². The molecule has 0 saturated carbocycles. The van der Waals surface area contributed by atoms with Gasteiger partial charge in [-0.25, -0.2) is 0 Å². The van der Waals surface area contributed by atoms with E-state index in [0.29, 0.717) is 5.56 Å². The van der Waals surface area contributed by atoms with Crippen LogP contribution < -0.4 is 5.32 Å². The average Bonchev–Trinajstić information content (AvgIpc) is 2.53. The van der Waals surface area contributed by atoms with Crippen molar-refractivity contribution in [3.05, 3.63) is 65.7 Å².